The highest BCUT2D eigenvalue weighted by Gasteiger charge is 2.15. The van der Waals surface area contributed by atoms with Gasteiger partial charge in [0.2, 0.25) is 0 Å². The Morgan fingerprint density at radius 3 is 2.14 bits per heavy atom. The molecule has 0 N–H and O–H groups in total. The summed E-state index contributed by atoms with van der Waals surface area (Å²) in [5.74, 6) is 4.17. The summed E-state index contributed by atoms with van der Waals surface area (Å²) < 4.78 is 7.51. The third-order valence-electron chi connectivity index (χ3n) is 6.56. The number of hydrogen-bond acceptors (Lipinski definition) is 2. The van der Waals surface area contributed by atoms with Crippen LogP contribution in [0.25, 0.3) is 10.1 Å². The largest absolute Gasteiger partial charge is 0.493 e. The number of fused-ring (bicyclic) bond motifs is 1. The van der Waals surface area contributed by atoms with Gasteiger partial charge in [0, 0.05) is 9.58 Å². The lowest BCUT2D eigenvalue weighted by molar-refractivity contribution is 0.230. The Morgan fingerprint density at radius 1 is 0.793 bits per heavy atom. The van der Waals surface area contributed by atoms with Crippen LogP contribution in [0.3, 0.4) is 0 Å². The molecule has 0 aliphatic rings. The van der Waals surface area contributed by atoms with Crippen LogP contribution >= 0.6 is 11.3 Å². The monoisotopic (exact) mass is 416 g/mol. The molecule has 164 valence electrons. The van der Waals surface area contributed by atoms with Gasteiger partial charge in [0.05, 0.1) is 6.61 Å². The molecular formula is C27H44OS. The summed E-state index contributed by atoms with van der Waals surface area (Å²) in [7, 11) is 0. The van der Waals surface area contributed by atoms with Crippen LogP contribution in [0.5, 0.6) is 5.75 Å². The van der Waals surface area contributed by atoms with Crippen LogP contribution in [0.15, 0.2) is 24.3 Å². The van der Waals surface area contributed by atoms with E-state index in [1.54, 1.807) is 0 Å². The number of thiophene rings is 1. The highest BCUT2D eigenvalue weighted by atomic mass is 32.1. The first-order valence-corrected chi connectivity index (χ1v) is 12.9. The third-order valence-corrected chi connectivity index (χ3v) is 7.71. The van der Waals surface area contributed by atoms with Crippen molar-refractivity contribution in [2.24, 2.45) is 23.7 Å². The van der Waals surface area contributed by atoms with Gasteiger partial charge in [0.1, 0.15) is 5.75 Å². The molecule has 2 heteroatoms. The van der Waals surface area contributed by atoms with Crippen molar-refractivity contribution < 1.29 is 4.74 Å². The van der Waals surface area contributed by atoms with E-state index in [2.05, 4.69) is 65.8 Å². The van der Waals surface area contributed by atoms with Gasteiger partial charge in [-0.05, 0) is 66.2 Å². The molecule has 0 bridgehead atoms. The minimum Gasteiger partial charge on any atom is -0.493 e. The van der Waals surface area contributed by atoms with E-state index in [0.29, 0.717) is 5.92 Å². The van der Waals surface area contributed by atoms with Crippen molar-refractivity contribution in [1.82, 2.24) is 0 Å². The fourth-order valence-electron chi connectivity index (χ4n) is 4.15. The maximum atomic E-state index is 6.15. The van der Waals surface area contributed by atoms with Crippen molar-refractivity contribution in [3.8, 4) is 5.75 Å². The lowest BCUT2D eigenvalue weighted by atomic mass is 9.84. The molecule has 0 saturated carbocycles. The zero-order valence-corrected chi connectivity index (χ0v) is 20.6. The van der Waals surface area contributed by atoms with Crippen LogP contribution in [-0.4, -0.2) is 6.61 Å². The average Bonchev–Trinajstić information content (AvgIpc) is 3.10. The van der Waals surface area contributed by atoms with Gasteiger partial charge >= 0.3 is 0 Å². The molecule has 4 unspecified atom stereocenters. The number of ether oxygens (including phenoxy) is 1. The summed E-state index contributed by atoms with van der Waals surface area (Å²) in [5, 5.41) is 1.36. The van der Waals surface area contributed by atoms with Crippen molar-refractivity contribution in [1.29, 1.82) is 0 Å². The molecule has 0 fully saturated rings. The second kappa shape index (κ2) is 12.6. The predicted molar refractivity (Wildman–Crippen MR) is 131 cm³/mol. The first kappa shape index (κ1) is 24.3. The van der Waals surface area contributed by atoms with Crippen LogP contribution in [0.4, 0.5) is 0 Å². The number of aryl methyl sites for hydroxylation is 1. The fraction of sp³-hybridized carbons (Fsp3) is 0.704. The Morgan fingerprint density at radius 2 is 1.48 bits per heavy atom. The van der Waals surface area contributed by atoms with Crippen molar-refractivity contribution in [3.05, 3.63) is 29.1 Å². The SMILES string of the molecule is CCCc1cc2ccc(OCC(C)CCC(C)C(C)CCC(C)CCC)cc2s1. The van der Waals surface area contributed by atoms with E-state index >= 15 is 0 Å². The van der Waals surface area contributed by atoms with Crippen LogP contribution in [-0.2, 0) is 6.42 Å². The third kappa shape index (κ3) is 8.32. The van der Waals surface area contributed by atoms with Crippen LogP contribution in [0.1, 0.15) is 91.4 Å². The molecule has 2 rings (SSSR count). The summed E-state index contributed by atoms with van der Waals surface area (Å²) in [6, 6.07) is 8.92. The zero-order valence-electron chi connectivity index (χ0n) is 19.8. The van der Waals surface area contributed by atoms with E-state index in [-0.39, 0.29) is 0 Å². The summed E-state index contributed by atoms with van der Waals surface area (Å²) in [6.45, 7) is 15.0. The van der Waals surface area contributed by atoms with Gasteiger partial charge < -0.3 is 4.74 Å². The van der Waals surface area contributed by atoms with Crippen LogP contribution in [0, 0.1) is 23.7 Å². The standard InChI is InChI=1S/C27H44OS/c1-7-9-20(3)11-13-22(5)23(6)14-12-21(4)19-28-25-16-15-24-17-26(10-8-2)29-27(24)18-25/h15-18,20-23H,7-14,19H2,1-6H3. The molecule has 0 saturated heterocycles. The van der Waals surface area contributed by atoms with Gasteiger partial charge in [-0.2, -0.15) is 0 Å². The van der Waals surface area contributed by atoms with Gasteiger partial charge in [-0.3, -0.25) is 0 Å². The quantitative estimate of drug-likeness (QED) is 0.298. The lowest BCUT2D eigenvalue weighted by Gasteiger charge is -2.23. The van der Waals surface area contributed by atoms with Gasteiger partial charge in [-0.15, -0.1) is 11.3 Å². The molecule has 1 aromatic heterocycles. The van der Waals surface area contributed by atoms with Crippen molar-refractivity contribution >= 4 is 21.4 Å². The second-order valence-corrected chi connectivity index (χ2v) is 10.7. The van der Waals surface area contributed by atoms with E-state index in [4.69, 9.17) is 4.74 Å². The topological polar surface area (TPSA) is 9.23 Å². The van der Waals surface area contributed by atoms with E-state index in [1.165, 1.54) is 66.3 Å². The van der Waals surface area contributed by atoms with Gasteiger partial charge in [0.15, 0.2) is 0 Å². The molecule has 1 aromatic carbocycles. The first-order valence-electron chi connectivity index (χ1n) is 12.1. The minimum atomic E-state index is 0.610. The zero-order chi connectivity index (χ0) is 21.2. The highest BCUT2D eigenvalue weighted by molar-refractivity contribution is 7.19. The molecule has 0 aliphatic heterocycles. The van der Waals surface area contributed by atoms with Crippen molar-refractivity contribution in [2.45, 2.75) is 92.9 Å². The van der Waals surface area contributed by atoms with E-state index in [9.17, 15) is 0 Å². The Kier molecular flexibility index (Phi) is 10.6. The van der Waals surface area contributed by atoms with Gasteiger partial charge in [-0.25, -0.2) is 0 Å². The van der Waals surface area contributed by atoms with E-state index in [0.717, 1.165) is 30.1 Å². The smallest absolute Gasteiger partial charge is 0.120 e. The molecule has 0 amide bonds. The first-order chi connectivity index (χ1) is 13.9. The maximum Gasteiger partial charge on any atom is 0.120 e. The van der Waals surface area contributed by atoms with Crippen LogP contribution < -0.4 is 4.74 Å². The molecule has 1 heterocycles. The van der Waals surface area contributed by atoms with E-state index < -0.39 is 0 Å². The van der Waals surface area contributed by atoms with Crippen LogP contribution in [0.2, 0.25) is 0 Å². The summed E-state index contributed by atoms with van der Waals surface area (Å²) in [5.41, 5.74) is 0. The molecule has 1 nitrogen and oxygen atoms in total. The summed E-state index contributed by atoms with van der Waals surface area (Å²) >= 11 is 1.92. The van der Waals surface area contributed by atoms with Gasteiger partial charge in [-0.1, -0.05) is 80.1 Å². The Balaban J connectivity index is 1.72. The minimum absolute atomic E-state index is 0.610. The molecule has 0 radical (unpaired) electrons. The molecule has 29 heavy (non-hydrogen) atoms. The average molecular weight is 417 g/mol. The molecular weight excluding hydrogens is 372 g/mol. The van der Waals surface area contributed by atoms with Gasteiger partial charge in [0.25, 0.3) is 0 Å². The lowest BCUT2D eigenvalue weighted by Crippen LogP contribution is -2.14. The predicted octanol–water partition coefficient (Wildman–Crippen LogP) is 9.14. The van der Waals surface area contributed by atoms with Crippen molar-refractivity contribution in [3.63, 3.8) is 0 Å². The molecule has 0 spiro atoms. The fourth-order valence-corrected chi connectivity index (χ4v) is 5.34. The number of benzene rings is 1. The Bertz CT molecular complexity index is 704. The second-order valence-electron chi connectivity index (χ2n) is 9.58. The number of hydrogen-bond donors (Lipinski definition) is 0. The maximum absolute atomic E-state index is 6.15. The molecule has 2 aromatic rings. The highest BCUT2D eigenvalue weighted by Crippen LogP contribution is 2.30. The normalized spacial score (nSPS) is 15.9. The Hall–Kier alpha value is -1.02. The number of rotatable bonds is 14. The molecule has 0 aliphatic carbocycles. The van der Waals surface area contributed by atoms with E-state index in [1.807, 2.05) is 11.3 Å². The van der Waals surface area contributed by atoms with Crippen molar-refractivity contribution in [2.75, 3.05) is 6.61 Å². The molecule has 4 atom stereocenters. The summed E-state index contributed by atoms with van der Waals surface area (Å²) in [6.07, 6.45) is 10.4. The Labute approximate surface area is 184 Å². The summed E-state index contributed by atoms with van der Waals surface area (Å²) in [4.78, 5) is 1.49.